The van der Waals surface area contributed by atoms with E-state index in [-0.39, 0.29) is 12.3 Å². The van der Waals surface area contributed by atoms with Crippen molar-refractivity contribution < 1.29 is 36.0 Å². The maximum atomic E-state index is 12.8. The molecule has 3 rings (SSSR count). The largest absolute Gasteiger partial charge is 0.497 e. The second kappa shape index (κ2) is 8.39. The molecule has 0 aliphatic carbocycles. The van der Waals surface area contributed by atoms with Crippen LogP contribution in [-0.2, 0) is 21.2 Å². The van der Waals surface area contributed by atoms with Crippen molar-refractivity contribution in [2.75, 3.05) is 7.11 Å². The number of benzene rings is 2. The molecule has 0 spiro atoms. The fraction of sp³-hybridized carbons (Fsp3) is 0.158. The first kappa shape index (κ1) is 20.5. The Labute approximate surface area is 164 Å². The molecule has 10 heteroatoms. The second-order valence-electron chi connectivity index (χ2n) is 5.79. The monoisotopic (exact) mass is 423 g/mol. The van der Waals surface area contributed by atoms with E-state index in [1.54, 1.807) is 24.3 Å². The summed E-state index contributed by atoms with van der Waals surface area (Å²) in [6.45, 7) is -0.338. The average Bonchev–Trinajstić information content (AvgIpc) is 3.21. The molecule has 7 nitrogen and oxygen atoms in total. The topological polar surface area (TPSA) is 95.7 Å². The van der Waals surface area contributed by atoms with Crippen LogP contribution in [0.2, 0.25) is 0 Å². The van der Waals surface area contributed by atoms with Gasteiger partial charge in [0.2, 0.25) is 9.84 Å². The molecule has 29 heavy (non-hydrogen) atoms. The van der Waals surface area contributed by atoms with Crippen molar-refractivity contribution in [1.82, 2.24) is 5.16 Å². The Hall–Kier alpha value is -3.27. The van der Waals surface area contributed by atoms with Crippen LogP contribution >= 0.6 is 0 Å². The zero-order valence-corrected chi connectivity index (χ0v) is 15.9. The van der Waals surface area contributed by atoms with Crippen molar-refractivity contribution in [3.05, 3.63) is 65.9 Å². The van der Waals surface area contributed by atoms with Gasteiger partial charge in [-0.15, -0.1) is 0 Å². The summed E-state index contributed by atoms with van der Waals surface area (Å²) < 4.78 is 64.5. The summed E-state index contributed by atoms with van der Waals surface area (Å²) >= 11 is 0. The molecular weight excluding hydrogens is 408 g/mol. The van der Waals surface area contributed by atoms with Crippen LogP contribution in [0.3, 0.4) is 0 Å². The molecule has 0 fully saturated rings. The van der Waals surface area contributed by atoms with Crippen LogP contribution in [-0.4, -0.2) is 32.4 Å². The molecule has 1 heterocycles. The summed E-state index contributed by atoms with van der Waals surface area (Å²) in [6, 6.07) is 13.2. The van der Waals surface area contributed by atoms with E-state index in [2.05, 4.69) is 5.16 Å². The van der Waals surface area contributed by atoms with Crippen molar-refractivity contribution in [1.29, 1.82) is 0 Å². The van der Waals surface area contributed by atoms with Gasteiger partial charge in [-0.05, 0) is 24.3 Å². The lowest BCUT2D eigenvalue weighted by molar-refractivity contribution is 0.0459. The first-order valence-corrected chi connectivity index (χ1v) is 9.76. The lowest BCUT2D eigenvalue weighted by atomic mass is 10.1. The van der Waals surface area contributed by atoms with E-state index >= 15 is 0 Å². The van der Waals surface area contributed by atoms with Gasteiger partial charge < -0.3 is 14.0 Å². The maximum absolute atomic E-state index is 12.8. The number of esters is 1. The quantitative estimate of drug-likeness (QED) is 0.535. The number of aromatic nitrogens is 1. The van der Waals surface area contributed by atoms with E-state index in [0.717, 1.165) is 12.1 Å². The third kappa shape index (κ3) is 4.43. The summed E-state index contributed by atoms with van der Waals surface area (Å²) in [6.07, 6.45) is 0. The van der Waals surface area contributed by atoms with Gasteiger partial charge in [-0.25, -0.2) is 13.2 Å². The number of rotatable bonds is 7. The molecular formula is C19H15F2NO6S. The number of sulfone groups is 1. The van der Waals surface area contributed by atoms with Crippen molar-refractivity contribution in [3.63, 3.8) is 0 Å². The number of carbonyl (C=O) groups is 1. The molecule has 0 amide bonds. The fourth-order valence-corrected chi connectivity index (χ4v) is 3.41. The van der Waals surface area contributed by atoms with Gasteiger partial charge in [0.15, 0.2) is 5.76 Å². The highest BCUT2D eigenvalue weighted by Gasteiger charge is 2.31. The first-order valence-electron chi connectivity index (χ1n) is 8.21. The summed E-state index contributed by atoms with van der Waals surface area (Å²) in [5.74, 6) is -3.72. The average molecular weight is 423 g/mol. The first-order chi connectivity index (χ1) is 13.8. The minimum absolute atomic E-state index is 0.255. The van der Waals surface area contributed by atoms with Crippen molar-refractivity contribution in [3.8, 4) is 17.1 Å². The lowest BCUT2D eigenvalue weighted by Crippen LogP contribution is -2.17. The summed E-state index contributed by atoms with van der Waals surface area (Å²) in [5.41, 5.74) is 0.456. The summed E-state index contributed by atoms with van der Waals surface area (Å²) in [7, 11) is -3.43. The van der Waals surface area contributed by atoms with Crippen LogP contribution in [0.15, 0.2) is 64.0 Å². The van der Waals surface area contributed by atoms with E-state index in [1.807, 2.05) is 0 Å². The Balaban J connectivity index is 1.75. The molecule has 0 atom stereocenters. The Morgan fingerprint density at radius 2 is 1.90 bits per heavy atom. The minimum atomic E-state index is -4.95. The van der Waals surface area contributed by atoms with Gasteiger partial charge in [-0.1, -0.05) is 29.4 Å². The zero-order valence-electron chi connectivity index (χ0n) is 15.0. The Morgan fingerprint density at radius 1 is 1.14 bits per heavy atom. The third-order valence-electron chi connectivity index (χ3n) is 3.91. The van der Waals surface area contributed by atoms with E-state index < -0.39 is 32.0 Å². The van der Waals surface area contributed by atoms with Gasteiger partial charge in [0.05, 0.1) is 17.6 Å². The summed E-state index contributed by atoms with van der Waals surface area (Å²) in [4.78, 5) is 11.5. The SMILES string of the molecule is COc1cccc(-c2cc(COC(=O)c3ccccc3S(=O)(=O)C(F)F)no2)c1. The standard InChI is InChI=1S/C19H15F2NO6S/c1-26-14-6-4-5-12(9-14)16-10-13(22-28-16)11-27-18(23)15-7-2-3-8-17(15)29(24,25)19(20)21/h2-10,19H,11H2,1H3. The number of alkyl halides is 2. The molecule has 3 aromatic rings. The molecule has 0 unspecified atom stereocenters. The predicted molar refractivity (Wildman–Crippen MR) is 97.2 cm³/mol. The molecule has 0 bridgehead atoms. The molecule has 0 radical (unpaired) electrons. The Bertz CT molecular complexity index is 1130. The Morgan fingerprint density at radius 3 is 2.62 bits per heavy atom. The lowest BCUT2D eigenvalue weighted by Gasteiger charge is -2.09. The van der Waals surface area contributed by atoms with Crippen LogP contribution in [0.5, 0.6) is 5.75 Å². The van der Waals surface area contributed by atoms with E-state index in [0.29, 0.717) is 17.1 Å². The number of ether oxygens (including phenoxy) is 2. The zero-order chi connectivity index (χ0) is 21.0. The number of methoxy groups -OCH3 is 1. The second-order valence-corrected chi connectivity index (χ2v) is 7.68. The van der Waals surface area contributed by atoms with Crippen LogP contribution in [0.25, 0.3) is 11.3 Å². The number of carbonyl (C=O) groups excluding carboxylic acids is 1. The van der Waals surface area contributed by atoms with Gasteiger partial charge in [0.25, 0.3) is 0 Å². The molecule has 0 N–H and O–H groups in total. The molecule has 0 saturated heterocycles. The van der Waals surface area contributed by atoms with E-state index in [1.165, 1.54) is 25.3 Å². The van der Waals surface area contributed by atoms with Crippen LogP contribution in [0, 0.1) is 0 Å². The molecule has 152 valence electrons. The third-order valence-corrected chi connectivity index (χ3v) is 5.35. The van der Waals surface area contributed by atoms with Gasteiger partial charge in [0, 0.05) is 11.6 Å². The van der Waals surface area contributed by atoms with Gasteiger partial charge in [0.1, 0.15) is 18.1 Å². The maximum Gasteiger partial charge on any atom is 0.341 e. The minimum Gasteiger partial charge on any atom is -0.497 e. The normalized spacial score (nSPS) is 11.4. The highest BCUT2D eigenvalue weighted by Crippen LogP contribution is 2.26. The molecule has 0 saturated carbocycles. The number of hydrogen-bond acceptors (Lipinski definition) is 7. The van der Waals surface area contributed by atoms with Crippen molar-refractivity contribution in [2.45, 2.75) is 17.3 Å². The highest BCUT2D eigenvalue weighted by atomic mass is 32.2. The van der Waals surface area contributed by atoms with Gasteiger partial charge >= 0.3 is 11.7 Å². The molecule has 1 aromatic heterocycles. The van der Waals surface area contributed by atoms with E-state index in [9.17, 15) is 22.0 Å². The van der Waals surface area contributed by atoms with Crippen LogP contribution in [0.1, 0.15) is 16.1 Å². The smallest absolute Gasteiger partial charge is 0.341 e. The van der Waals surface area contributed by atoms with Gasteiger partial charge in [-0.3, -0.25) is 0 Å². The Kier molecular flexibility index (Phi) is 5.92. The van der Waals surface area contributed by atoms with Crippen molar-refractivity contribution >= 4 is 15.8 Å². The molecule has 2 aromatic carbocycles. The van der Waals surface area contributed by atoms with E-state index in [4.69, 9.17) is 14.0 Å². The molecule has 0 aliphatic rings. The van der Waals surface area contributed by atoms with Crippen LogP contribution in [0.4, 0.5) is 8.78 Å². The van der Waals surface area contributed by atoms with Crippen LogP contribution < -0.4 is 4.74 Å². The fourth-order valence-electron chi connectivity index (χ4n) is 2.49. The summed E-state index contributed by atoms with van der Waals surface area (Å²) in [5, 5.41) is 3.78. The molecule has 0 aliphatic heterocycles. The van der Waals surface area contributed by atoms with Crippen molar-refractivity contribution in [2.24, 2.45) is 0 Å². The van der Waals surface area contributed by atoms with Gasteiger partial charge in [-0.2, -0.15) is 8.78 Å². The number of halogens is 2. The number of hydrogen-bond donors (Lipinski definition) is 0. The number of nitrogens with zero attached hydrogens (tertiary/aromatic N) is 1. The highest BCUT2D eigenvalue weighted by molar-refractivity contribution is 7.91. The predicted octanol–water partition coefficient (Wildman–Crippen LogP) is 3.70.